The monoisotopic (exact) mass is 199 g/mol. The van der Waals surface area contributed by atoms with Crippen molar-refractivity contribution >= 4 is 6.03 Å². The van der Waals surface area contributed by atoms with Crippen molar-refractivity contribution in [3.63, 3.8) is 0 Å². The van der Waals surface area contributed by atoms with Crippen LogP contribution in [-0.4, -0.2) is 36.6 Å². The number of hydrogen-bond donors (Lipinski definition) is 2. The molecule has 0 bridgehead atoms. The first kappa shape index (κ1) is 11.3. The van der Waals surface area contributed by atoms with E-state index in [1.54, 1.807) is 11.9 Å². The highest BCUT2D eigenvalue weighted by atomic mass is 16.2. The van der Waals surface area contributed by atoms with Crippen molar-refractivity contribution in [1.29, 1.82) is 0 Å². The van der Waals surface area contributed by atoms with Crippen LogP contribution in [0.15, 0.2) is 0 Å². The molecule has 0 aromatic rings. The van der Waals surface area contributed by atoms with Crippen LogP contribution in [0.5, 0.6) is 0 Å². The Morgan fingerprint density at radius 3 is 2.64 bits per heavy atom. The van der Waals surface area contributed by atoms with Gasteiger partial charge in [0.05, 0.1) is 0 Å². The Morgan fingerprint density at radius 1 is 1.57 bits per heavy atom. The predicted molar refractivity (Wildman–Crippen MR) is 57.1 cm³/mol. The molecule has 0 aliphatic heterocycles. The van der Waals surface area contributed by atoms with Crippen LogP contribution in [0.2, 0.25) is 0 Å². The molecule has 1 saturated carbocycles. The lowest BCUT2D eigenvalue weighted by Gasteiger charge is -2.25. The van der Waals surface area contributed by atoms with Gasteiger partial charge in [0.2, 0.25) is 0 Å². The molecule has 1 aliphatic carbocycles. The Morgan fingerprint density at radius 2 is 2.14 bits per heavy atom. The van der Waals surface area contributed by atoms with Gasteiger partial charge in [-0.2, -0.15) is 0 Å². The molecule has 0 spiro atoms. The highest BCUT2D eigenvalue weighted by molar-refractivity contribution is 5.74. The lowest BCUT2D eigenvalue weighted by atomic mass is 10.2. The first-order chi connectivity index (χ1) is 6.65. The van der Waals surface area contributed by atoms with Crippen LogP contribution in [0.4, 0.5) is 4.79 Å². The Balaban J connectivity index is 2.32. The number of amides is 2. The van der Waals surface area contributed by atoms with E-state index in [4.69, 9.17) is 5.73 Å². The molecule has 4 nitrogen and oxygen atoms in total. The summed E-state index contributed by atoms with van der Waals surface area (Å²) in [5.41, 5.74) is 5.50. The van der Waals surface area contributed by atoms with Gasteiger partial charge in [-0.05, 0) is 19.8 Å². The SMILES string of the molecule is CC(CN)N(C)C(=O)NC1CCCC1. The zero-order chi connectivity index (χ0) is 10.6. The first-order valence-electron chi connectivity index (χ1n) is 5.38. The summed E-state index contributed by atoms with van der Waals surface area (Å²) in [6, 6.07) is 0.501. The average Bonchev–Trinajstić information content (AvgIpc) is 2.68. The first-order valence-corrected chi connectivity index (χ1v) is 5.38. The number of carbonyl (C=O) groups excluding carboxylic acids is 1. The molecule has 0 aromatic carbocycles. The topological polar surface area (TPSA) is 58.4 Å². The fraction of sp³-hybridized carbons (Fsp3) is 0.900. The largest absolute Gasteiger partial charge is 0.335 e. The van der Waals surface area contributed by atoms with E-state index in [0.29, 0.717) is 12.6 Å². The van der Waals surface area contributed by atoms with E-state index >= 15 is 0 Å². The molecule has 3 N–H and O–H groups in total. The Hall–Kier alpha value is -0.770. The molecule has 0 radical (unpaired) electrons. The number of urea groups is 1. The number of carbonyl (C=O) groups is 1. The van der Waals surface area contributed by atoms with Crippen LogP contribution in [0.1, 0.15) is 32.6 Å². The smallest absolute Gasteiger partial charge is 0.317 e. The zero-order valence-electron chi connectivity index (χ0n) is 9.12. The predicted octanol–water partition coefficient (Wildman–Crippen LogP) is 0.918. The van der Waals surface area contributed by atoms with Crippen molar-refractivity contribution in [2.24, 2.45) is 5.73 Å². The maximum Gasteiger partial charge on any atom is 0.317 e. The Labute approximate surface area is 85.8 Å². The maximum absolute atomic E-state index is 11.7. The van der Waals surface area contributed by atoms with Crippen molar-refractivity contribution < 1.29 is 4.79 Å². The van der Waals surface area contributed by atoms with E-state index in [2.05, 4.69) is 5.32 Å². The second kappa shape index (κ2) is 5.20. The molecular weight excluding hydrogens is 178 g/mol. The summed E-state index contributed by atoms with van der Waals surface area (Å²) in [5, 5.41) is 3.03. The van der Waals surface area contributed by atoms with Gasteiger partial charge in [-0.25, -0.2) is 4.79 Å². The highest BCUT2D eigenvalue weighted by Crippen LogP contribution is 2.17. The third-order valence-corrected chi connectivity index (χ3v) is 3.01. The molecule has 4 heteroatoms. The van der Waals surface area contributed by atoms with Crippen molar-refractivity contribution in [1.82, 2.24) is 10.2 Å². The minimum atomic E-state index is 0.00912. The number of hydrogen-bond acceptors (Lipinski definition) is 2. The summed E-state index contributed by atoms with van der Waals surface area (Å²) in [6.07, 6.45) is 4.72. The summed E-state index contributed by atoms with van der Waals surface area (Å²) in [6.45, 7) is 2.46. The van der Waals surface area contributed by atoms with Gasteiger partial charge in [-0.15, -0.1) is 0 Å². The number of rotatable bonds is 3. The summed E-state index contributed by atoms with van der Waals surface area (Å²) in [4.78, 5) is 13.3. The fourth-order valence-electron chi connectivity index (χ4n) is 1.70. The number of likely N-dealkylation sites (N-methyl/N-ethyl adjacent to an activating group) is 1. The lowest BCUT2D eigenvalue weighted by Crippen LogP contribution is -2.47. The third kappa shape index (κ3) is 2.87. The van der Waals surface area contributed by atoms with Gasteiger partial charge in [-0.1, -0.05) is 12.8 Å². The van der Waals surface area contributed by atoms with Gasteiger partial charge in [0, 0.05) is 25.7 Å². The van der Waals surface area contributed by atoms with Crippen LogP contribution >= 0.6 is 0 Å². The summed E-state index contributed by atoms with van der Waals surface area (Å²) >= 11 is 0. The minimum Gasteiger partial charge on any atom is -0.335 e. The minimum absolute atomic E-state index is 0.00912. The van der Waals surface area contributed by atoms with Gasteiger partial charge in [0.1, 0.15) is 0 Å². The maximum atomic E-state index is 11.7. The lowest BCUT2D eigenvalue weighted by molar-refractivity contribution is 0.191. The second-order valence-electron chi connectivity index (χ2n) is 4.13. The van der Waals surface area contributed by atoms with Gasteiger partial charge >= 0.3 is 6.03 Å². The van der Waals surface area contributed by atoms with Crippen LogP contribution in [0.25, 0.3) is 0 Å². The molecular formula is C10H21N3O. The normalized spacial score (nSPS) is 19.4. The van der Waals surface area contributed by atoms with E-state index in [9.17, 15) is 4.79 Å². The quantitative estimate of drug-likeness (QED) is 0.710. The molecule has 82 valence electrons. The highest BCUT2D eigenvalue weighted by Gasteiger charge is 2.20. The molecule has 0 heterocycles. The third-order valence-electron chi connectivity index (χ3n) is 3.01. The molecule has 1 atom stereocenters. The summed E-state index contributed by atoms with van der Waals surface area (Å²) < 4.78 is 0. The molecule has 0 saturated heterocycles. The van der Waals surface area contributed by atoms with Gasteiger partial charge in [0.15, 0.2) is 0 Å². The van der Waals surface area contributed by atoms with Crippen molar-refractivity contribution in [2.75, 3.05) is 13.6 Å². The van der Waals surface area contributed by atoms with Crippen LogP contribution in [0.3, 0.4) is 0 Å². The van der Waals surface area contributed by atoms with Crippen LogP contribution in [0, 0.1) is 0 Å². The van der Waals surface area contributed by atoms with E-state index in [1.165, 1.54) is 12.8 Å². The molecule has 1 rings (SSSR count). The second-order valence-corrected chi connectivity index (χ2v) is 4.13. The van der Waals surface area contributed by atoms with Crippen molar-refractivity contribution in [3.8, 4) is 0 Å². The van der Waals surface area contributed by atoms with Crippen LogP contribution in [-0.2, 0) is 0 Å². The van der Waals surface area contributed by atoms with Crippen molar-refractivity contribution in [2.45, 2.75) is 44.7 Å². The van der Waals surface area contributed by atoms with Gasteiger partial charge < -0.3 is 16.0 Å². The molecule has 1 fully saturated rings. The van der Waals surface area contributed by atoms with E-state index in [-0.39, 0.29) is 12.1 Å². The Bertz CT molecular complexity index is 190. The number of nitrogens with zero attached hydrogens (tertiary/aromatic N) is 1. The van der Waals surface area contributed by atoms with Crippen molar-refractivity contribution in [3.05, 3.63) is 0 Å². The number of nitrogens with two attached hydrogens (primary N) is 1. The summed E-state index contributed by atoms with van der Waals surface area (Å²) in [5.74, 6) is 0. The molecule has 2 amide bonds. The Kier molecular flexibility index (Phi) is 4.20. The van der Waals surface area contributed by atoms with Crippen LogP contribution < -0.4 is 11.1 Å². The van der Waals surface area contributed by atoms with E-state index < -0.39 is 0 Å². The molecule has 14 heavy (non-hydrogen) atoms. The van der Waals surface area contributed by atoms with Gasteiger partial charge in [0.25, 0.3) is 0 Å². The molecule has 1 unspecified atom stereocenters. The fourth-order valence-corrected chi connectivity index (χ4v) is 1.70. The van der Waals surface area contributed by atoms with E-state index in [1.807, 2.05) is 6.92 Å². The molecule has 1 aliphatic rings. The van der Waals surface area contributed by atoms with E-state index in [0.717, 1.165) is 12.8 Å². The summed E-state index contributed by atoms with van der Waals surface area (Å²) in [7, 11) is 1.79. The number of nitrogens with one attached hydrogen (secondary N) is 1. The zero-order valence-corrected chi connectivity index (χ0v) is 9.12. The standard InChI is InChI=1S/C10H21N3O/c1-8(7-11)13(2)10(14)12-9-5-3-4-6-9/h8-9H,3-7,11H2,1-2H3,(H,12,14). The van der Waals surface area contributed by atoms with Gasteiger partial charge in [-0.3, -0.25) is 0 Å². The average molecular weight is 199 g/mol. The molecule has 0 aromatic heterocycles.